The maximum absolute atomic E-state index is 5.08. The Hall–Kier alpha value is -2.77. The molecule has 186 valence electrons. The molecule has 1 unspecified atom stereocenters. The number of rotatable bonds is 6. The molecule has 1 saturated heterocycles. The highest BCUT2D eigenvalue weighted by atomic mass is 79.9. The van der Waals surface area contributed by atoms with E-state index in [0.717, 1.165) is 34.0 Å². The highest BCUT2D eigenvalue weighted by molar-refractivity contribution is 9.10. The van der Waals surface area contributed by atoms with Gasteiger partial charge >= 0.3 is 0 Å². The minimum atomic E-state index is 0.441. The Morgan fingerprint density at radius 2 is 1.81 bits per heavy atom. The summed E-state index contributed by atoms with van der Waals surface area (Å²) in [6.45, 7) is 3.00. The first-order valence-corrected chi connectivity index (χ1v) is 14.0. The molecular formula is C29H33BrN6. The number of benzene rings is 1. The van der Waals surface area contributed by atoms with E-state index < -0.39 is 0 Å². The van der Waals surface area contributed by atoms with Crippen molar-refractivity contribution < 1.29 is 0 Å². The van der Waals surface area contributed by atoms with Gasteiger partial charge in [0.1, 0.15) is 5.82 Å². The van der Waals surface area contributed by atoms with Crippen molar-refractivity contribution in [2.45, 2.75) is 62.9 Å². The summed E-state index contributed by atoms with van der Waals surface area (Å²) in [6.07, 6.45) is 13.1. The van der Waals surface area contributed by atoms with E-state index in [1.807, 2.05) is 23.0 Å². The zero-order valence-electron chi connectivity index (χ0n) is 20.6. The molecule has 1 aromatic carbocycles. The van der Waals surface area contributed by atoms with E-state index in [9.17, 15) is 0 Å². The smallest absolute Gasteiger partial charge is 0.171 e. The van der Waals surface area contributed by atoms with Crippen LogP contribution in [-0.2, 0) is 6.54 Å². The van der Waals surface area contributed by atoms with Crippen LogP contribution in [0.1, 0.15) is 67.2 Å². The number of likely N-dealkylation sites (tertiary alicyclic amines) is 1. The predicted octanol–water partition coefficient (Wildman–Crippen LogP) is 6.40. The summed E-state index contributed by atoms with van der Waals surface area (Å²) in [4.78, 5) is 12.1. The molecule has 0 bridgehead atoms. The van der Waals surface area contributed by atoms with Gasteiger partial charge in [-0.25, -0.2) is 4.98 Å². The topological polar surface area (TPSA) is 58.4 Å². The van der Waals surface area contributed by atoms with Gasteiger partial charge in [0.15, 0.2) is 5.65 Å². The molecule has 4 heterocycles. The van der Waals surface area contributed by atoms with Crippen molar-refractivity contribution in [2.24, 2.45) is 0 Å². The fourth-order valence-corrected chi connectivity index (χ4v) is 6.41. The molecule has 1 aliphatic heterocycles. The van der Waals surface area contributed by atoms with Crippen molar-refractivity contribution in [3.05, 3.63) is 88.4 Å². The summed E-state index contributed by atoms with van der Waals surface area (Å²) >= 11 is 3.66. The summed E-state index contributed by atoms with van der Waals surface area (Å²) in [6, 6.07) is 18.1. The van der Waals surface area contributed by atoms with Crippen LogP contribution < -0.4 is 5.32 Å². The zero-order chi connectivity index (χ0) is 24.3. The molecule has 36 heavy (non-hydrogen) atoms. The number of pyridine rings is 1. The third kappa shape index (κ3) is 5.04. The van der Waals surface area contributed by atoms with Gasteiger partial charge in [-0.15, -0.1) is 0 Å². The van der Waals surface area contributed by atoms with Gasteiger partial charge in [-0.1, -0.05) is 36.4 Å². The number of anilines is 1. The highest BCUT2D eigenvalue weighted by Crippen LogP contribution is 2.37. The van der Waals surface area contributed by atoms with Crippen molar-refractivity contribution in [1.29, 1.82) is 0 Å². The average Bonchev–Trinajstić information content (AvgIpc) is 3.33. The van der Waals surface area contributed by atoms with Crippen LogP contribution in [0.3, 0.4) is 0 Å². The lowest BCUT2D eigenvalue weighted by Crippen LogP contribution is -2.43. The van der Waals surface area contributed by atoms with Crippen molar-refractivity contribution in [2.75, 3.05) is 18.4 Å². The van der Waals surface area contributed by atoms with E-state index >= 15 is 0 Å². The van der Waals surface area contributed by atoms with Crippen LogP contribution in [0.15, 0.2) is 71.6 Å². The molecule has 2 aliphatic rings. The summed E-state index contributed by atoms with van der Waals surface area (Å²) in [5.74, 6) is 2.14. The molecule has 0 amide bonds. The van der Waals surface area contributed by atoms with Crippen LogP contribution in [0.25, 0.3) is 5.65 Å². The molecule has 1 N–H and O–H groups in total. The second-order valence-corrected chi connectivity index (χ2v) is 11.1. The van der Waals surface area contributed by atoms with Crippen molar-refractivity contribution in [3.63, 3.8) is 0 Å². The lowest BCUT2D eigenvalue weighted by Gasteiger charge is -2.41. The van der Waals surface area contributed by atoms with Crippen LogP contribution in [0.5, 0.6) is 0 Å². The maximum Gasteiger partial charge on any atom is 0.171 e. The average molecular weight is 546 g/mol. The Bertz CT molecular complexity index is 1280. The third-order valence-corrected chi connectivity index (χ3v) is 8.56. The first-order chi connectivity index (χ1) is 17.7. The fourth-order valence-electron chi connectivity index (χ4n) is 6.06. The second kappa shape index (κ2) is 10.7. The van der Waals surface area contributed by atoms with Gasteiger partial charge in [0.25, 0.3) is 0 Å². The molecule has 1 atom stereocenters. The van der Waals surface area contributed by atoms with Crippen LogP contribution in [-0.4, -0.2) is 43.6 Å². The Morgan fingerprint density at radius 3 is 2.61 bits per heavy atom. The lowest BCUT2D eigenvalue weighted by atomic mass is 9.80. The maximum atomic E-state index is 5.08. The molecule has 2 fully saturated rings. The number of nitrogens with zero attached hydrogens (tertiary/aromatic N) is 5. The standard InChI is InChI=1S/C29H33BrN6/c30-26-19-33-36-28(32-18-21-6-4-14-31-17-21)16-27(34-29(26)36)24-9-5-15-35(20-24)25-12-10-23(11-13-25)22-7-2-1-3-8-22/h1-4,6-8,14,16-17,19,23-25,32H,5,9-13,15,18,20H2. The highest BCUT2D eigenvalue weighted by Gasteiger charge is 2.31. The minimum Gasteiger partial charge on any atom is -0.366 e. The predicted molar refractivity (Wildman–Crippen MR) is 147 cm³/mol. The lowest BCUT2D eigenvalue weighted by molar-refractivity contribution is 0.113. The summed E-state index contributed by atoms with van der Waals surface area (Å²) < 4.78 is 2.83. The van der Waals surface area contributed by atoms with Gasteiger partial charge in [0.05, 0.1) is 16.4 Å². The van der Waals surface area contributed by atoms with Crippen LogP contribution in [0, 0.1) is 0 Å². The molecule has 3 aromatic heterocycles. The number of piperidine rings is 1. The Kier molecular flexibility index (Phi) is 7.01. The van der Waals surface area contributed by atoms with Gasteiger partial charge in [-0.05, 0) is 84.1 Å². The van der Waals surface area contributed by atoms with E-state index in [2.05, 4.69) is 78.7 Å². The number of hydrogen-bond acceptors (Lipinski definition) is 5. The molecular weight excluding hydrogens is 512 g/mol. The Balaban J connectivity index is 1.17. The quantitative estimate of drug-likeness (QED) is 0.304. The largest absolute Gasteiger partial charge is 0.366 e. The van der Waals surface area contributed by atoms with Crippen molar-refractivity contribution >= 4 is 27.4 Å². The van der Waals surface area contributed by atoms with E-state index in [1.165, 1.54) is 56.3 Å². The number of hydrogen-bond donors (Lipinski definition) is 1. The summed E-state index contributed by atoms with van der Waals surface area (Å²) in [5.41, 5.74) is 4.70. The van der Waals surface area contributed by atoms with Gasteiger partial charge in [0.2, 0.25) is 0 Å². The summed E-state index contributed by atoms with van der Waals surface area (Å²) in [7, 11) is 0. The van der Waals surface area contributed by atoms with Crippen molar-refractivity contribution in [1.82, 2.24) is 24.5 Å². The molecule has 6 rings (SSSR count). The SMILES string of the molecule is Brc1cnn2c(NCc3cccnc3)cc(C3CCCN(C4CCC(c5ccccc5)CC4)C3)nc12. The molecule has 7 heteroatoms. The normalized spacial score (nSPS) is 23.1. The second-order valence-electron chi connectivity index (χ2n) is 10.3. The third-order valence-electron chi connectivity index (χ3n) is 8.00. The molecule has 1 aliphatic carbocycles. The van der Waals surface area contributed by atoms with Gasteiger partial charge in [-0.2, -0.15) is 9.61 Å². The molecule has 0 radical (unpaired) electrons. The van der Waals surface area contributed by atoms with Crippen LogP contribution in [0.4, 0.5) is 5.82 Å². The van der Waals surface area contributed by atoms with Gasteiger partial charge in [0, 0.05) is 43.5 Å². The van der Waals surface area contributed by atoms with E-state index in [1.54, 1.807) is 6.20 Å². The van der Waals surface area contributed by atoms with Crippen LogP contribution >= 0.6 is 15.9 Å². The Labute approximate surface area is 221 Å². The number of nitrogens with one attached hydrogen (secondary N) is 1. The first kappa shape index (κ1) is 23.6. The van der Waals surface area contributed by atoms with Gasteiger partial charge in [-0.3, -0.25) is 9.88 Å². The molecule has 6 nitrogen and oxygen atoms in total. The molecule has 1 saturated carbocycles. The minimum absolute atomic E-state index is 0.441. The van der Waals surface area contributed by atoms with E-state index in [-0.39, 0.29) is 0 Å². The number of aromatic nitrogens is 4. The zero-order valence-corrected chi connectivity index (χ0v) is 22.1. The first-order valence-electron chi connectivity index (χ1n) is 13.2. The fraction of sp³-hybridized carbons (Fsp3) is 0.414. The Morgan fingerprint density at radius 1 is 0.944 bits per heavy atom. The van der Waals surface area contributed by atoms with E-state index in [4.69, 9.17) is 4.98 Å². The van der Waals surface area contributed by atoms with E-state index in [0.29, 0.717) is 18.5 Å². The van der Waals surface area contributed by atoms with Crippen LogP contribution in [0.2, 0.25) is 0 Å². The van der Waals surface area contributed by atoms with Crippen molar-refractivity contribution in [3.8, 4) is 0 Å². The number of halogens is 1. The molecule has 4 aromatic rings. The summed E-state index contributed by atoms with van der Waals surface area (Å²) in [5, 5.41) is 8.13. The molecule has 0 spiro atoms. The monoisotopic (exact) mass is 544 g/mol. The number of fused-ring (bicyclic) bond motifs is 1. The van der Waals surface area contributed by atoms with Gasteiger partial charge < -0.3 is 5.32 Å².